The first-order valence-electron chi connectivity index (χ1n) is 18.9. The largest absolute Gasteiger partial charge is 0.455 e. The number of nitrogens with zero attached hydrogens (tertiary/aromatic N) is 4. The van der Waals surface area contributed by atoms with E-state index in [2.05, 4.69) is 155 Å². The molecule has 6 heteroatoms. The molecule has 56 heavy (non-hydrogen) atoms. The van der Waals surface area contributed by atoms with Gasteiger partial charge in [0.05, 0.1) is 27.8 Å². The highest BCUT2D eigenvalue weighted by Gasteiger charge is 2.29. The van der Waals surface area contributed by atoms with Gasteiger partial charge in [0, 0.05) is 59.0 Å². The van der Waals surface area contributed by atoms with Crippen LogP contribution in [0.5, 0.6) is 0 Å². The first-order valence-corrected chi connectivity index (χ1v) is 19.7. The Morgan fingerprint density at radius 1 is 0.429 bits per heavy atom. The number of hydrogen-bond donors (Lipinski definition) is 0. The van der Waals surface area contributed by atoms with Crippen molar-refractivity contribution in [3.8, 4) is 34.0 Å². The van der Waals surface area contributed by atoms with Gasteiger partial charge in [-0.1, -0.05) is 103 Å². The number of fused-ring (bicyclic) bond motifs is 7. The minimum absolute atomic E-state index is 0.648. The van der Waals surface area contributed by atoms with Gasteiger partial charge in [-0.25, -0.2) is 9.97 Å². The molecule has 1 aliphatic rings. The smallest absolute Gasteiger partial charge is 0.236 e. The van der Waals surface area contributed by atoms with Gasteiger partial charge in [-0.2, -0.15) is 0 Å². The van der Waals surface area contributed by atoms with Gasteiger partial charge in [0.15, 0.2) is 0 Å². The summed E-state index contributed by atoms with van der Waals surface area (Å²) in [6.07, 6.45) is 0. The summed E-state index contributed by atoms with van der Waals surface area (Å²) in [6, 6.07) is 56.6. The van der Waals surface area contributed by atoms with Crippen LogP contribution >= 0.6 is 11.3 Å². The summed E-state index contributed by atoms with van der Waals surface area (Å²) in [7, 11) is 0. The lowest BCUT2D eigenvalue weighted by Gasteiger charge is -2.12. The second-order valence-electron chi connectivity index (χ2n) is 14.9. The number of aromatic nitrogens is 4. The normalized spacial score (nSPS) is 12.6. The molecule has 0 amide bonds. The maximum absolute atomic E-state index is 6.66. The van der Waals surface area contributed by atoms with E-state index in [-0.39, 0.29) is 0 Å². The van der Waals surface area contributed by atoms with E-state index in [1.807, 2.05) is 12.1 Å². The fourth-order valence-corrected chi connectivity index (χ4v) is 10.9. The van der Waals surface area contributed by atoms with E-state index in [0.717, 1.165) is 65.5 Å². The molecule has 5 aromatic heterocycles. The highest BCUT2D eigenvalue weighted by molar-refractivity contribution is 7.25. The van der Waals surface area contributed by atoms with Gasteiger partial charge in [-0.15, -0.1) is 11.3 Å². The Kier molecular flexibility index (Phi) is 5.34. The third kappa shape index (κ3) is 3.51. The van der Waals surface area contributed by atoms with Gasteiger partial charge in [0.25, 0.3) is 0 Å². The molecule has 0 bridgehead atoms. The predicted octanol–water partition coefficient (Wildman–Crippen LogP) is 13.7. The number of rotatable bonds is 3. The van der Waals surface area contributed by atoms with Crippen LogP contribution in [0.2, 0.25) is 0 Å². The Labute approximate surface area is 321 Å². The molecule has 5 nitrogen and oxygen atoms in total. The van der Waals surface area contributed by atoms with Crippen LogP contribution in [0.3, 0.4) is 0 Å². The van der Waals surface area contributed by atoms with Crippen molar-refractivity contribution in [2.24, 2.45) is 0 Å². The highest BCUT2D eigenvalue weighted by Crippen LogP contribution is 2.51. The van der Waals surface area contributed by atoms with Crippen LogP contribution in [0.4, 0.5) is 0 Å². The topological polar surface area (TPSA) is 48.8 Å². The summed E-state index contributed by atoms with van der Waals surface area (Å²) in [4.78, 5) is 12.1. The molecule has 0 saturated heterocycles. The van der Waals surface area contributed by atoms with Crippen LogP contribution in [-0.4, -0.2) is 19.1 Å². The molecule has 0 atom stereocenters. The number of benzene rings is 8. The lowest BCUT2D eigenvalue weighted by molar-refractivity contribution is 0.670. The highest BCUT2D eigenvalue weighted by atomic mass is 32.1. The predicted molar refractivity (Wildman–Crippen MR) is 233 cm³/mol. The second kappa shape index (κ2) is 10.3. The van der Waals surface area contributed by atoms with Crippen molar-refractivity contribution >= 4 is 108 Å². The van der Waals surface area contributed by atoms with Gasteiger partial charge < -0.3 is 8.98 Å². The van der Waals surface area contributed by atoms with Crippen molar-refractivity contribution in [2.45, 2.75) is 0 Å². The second-order valence-corrected chi connectivity index (χ2v) is 15.9. The Hall–Kier alpha value is -7.28. The zero-order chi connectivity index (χ0) is 36.2. The van der Waals surface area contributed by atoms with E-state index in [0.29, 0.717) is 5.95 Å². The van der Waals surface area contributed by atoms with E-state index in [9.17, 15) is 0 Å². The zero-order valence-electron chi connectivity index (χ0n) is 29.6. The monoisotopic (exact) mass is 730 g/mol. The summed E-state index contributed by atoms with van der Waals surface area (Å²) in [6.45, 7) is 0. The summed E-state index contributed by atoms with van der Waals surface area (Å²) in [5.41, 5.74) is 11.7. The lowest BCUT2D eigenvalue weighted by atomic mass is 9.95. The number of para-hydroxylation sites is 3. The van der Waals surface area contributed by atoms with E-state index in [1.54, 1.807) is 11.3 Å². The number of thiophene rings is 1. The maximum Gasteiger partial charge on any atom is 0.236 e. The van der Waals surface area contributed by atoms with Gasteiger partial charge in [0.1, 0.15) is 16.0 Å². The Bertz CT molecular complexity index is 3880. The van der Waals surface area contributed by atoms with Gasteiger partial charge in [-0.3, -0.25) is 4.57 Å². The fourth-order valence-electron chi connectivity index (χ4n) is 9.88. The van der Waals surface area contributed by atoms with Gasteiger partial charge in [0.2, 0.25) is 5.95 Å². The molecule has 0 saturated carbocycles. The third-order valence-corrected chi connectivity index (χ3v) is 13.1. The molecular weight excluding hydrogens is 705 g/mol. The summed E-state index contributed by atoms with van der Waals surface area (Å²) < 4.78 is 12.6. The molecule has 8 aromatic carbocycles. The minimum Gasteiger partial charge on any atom is -0.455 e. The molecule has 0 N–H and O–H groups in total. The first kappa shape index (κ1) is 29.1. The Morgan fingerprint density at radius 2 is 1.07 bits per heavy atom. The molecule has 0 fully saturated rings. The SMILES string of the molecule is c1ccc(-n2c3ccc4cccc5c4c3c3c4c6c-5cccc6n(-c5nc(-c6cccc7c6oc6ccccc67)c6c(n5)sc5ccccc56)c4ccc32)cc1. The molecule has 5 heterocycles. The van der Waals surface area contributed by atoms with Crippen molar-refractivity contribution in [1.29, 1.82) is 0 Å². The van der Waals surface area contributed by atoms with Crippen molar-refractivity contribution in [1.82, 2.24) is 19.1 Å². The van der Waals surface area contributed by atoms with Gasteiger partial charge >= 0.3 is 0 Å². The average Bonchev–Trinajstić information content (AvgIpc) is 3.98. The molecular formula is C50H26N4OS. The summed E-state index contributed by atoms with van der Waals surface area (Å²) >= 11 is 1.72. The molecule has 1 aliphatic carbocycles. The van der Waals surface area contributed by atoms with Crippen LogP contribution in [0, 0.1) is 0 Å². The number of furan rings is 1. The first-order chi connectivity index (χ1) is 27.8. The lowest BCUT2D eigenvalue weighted by Crippen LogP contribution is -2.03. The number of hydrogen-bond acceptors (Lipinski definition) is 4. The van der Waals surface area contributed by atoms with Crippen LogP contribution in [0.1, 0.15) is 0 Å². The molecule has 258 valence electrons. The molecule has 0 unspecified atom stereocenters. The van der Waals surface area contributed by atoms with Crippen LogP contribution < -0.4 is 0 Å². The van der Waals surface area contributed by atoms with E-state index >= 15 is 0 Å². The molecule has 13 aromatic rings. The van der Waals surface area contributed by atoms with Crippen molar-refractivity contribution in [2.75, 3.05) is 0 Å². The van der Waals surface area contributed by atoms with Crippen molar-refractivity contribution in [3.05, 3.63) is 158 Å². The van der Waals surface area contributed by atoms with E-state index < -0.39 is 0 Å². The van der Waals surface area contributed by atoms with E-state index in [4.69, 9.17) is 14.4 Å². The van der Waals surface area contributed by atoms with E-state index in [1.165, 1.54) is 59.2 Å². The average molecular weight is 731 g/mol. The quantitative estimate of drug-likeness (QED) is 0.182. The standard InChI is InChI=1S/C50H26N4OS/c1-2-12-28(13-3-1)53-36-24-23-27-11-8-16-30-31-17-10-20-35-42(31)45-38(26-25-37(53)46(45)44(36)41(27)30)54(35)50-51-47(43-33-15-5-7-22-40(33)56-49(43)52-50)34-19-9-18-32-29-14-4-6-21-39(29)55-48(32)34/h1-26H. The Balaban J connectivity index is 1.17. The molecule has 0 radical (unpaired) electrons. The Morgan fingerprint density at radius 3 is 1.96 bits per heavy atom. The zero-order valence-corrected chi connectivity index (χ0v) is 30.4. The van der Waals surface area contributed by atoms with Gasteiger partial charge in [-0.05, 0) is 76.5 Å². The van der Waals surface area contributed by atoms with Crippen LogP contribution in [-0.2, 0) is 0 Å². The maximum atomic E-state index is 6.66. The fraction of sp³-hybridized carbons (Fsp3) is 0. The summed E-state index contributed by atoms with van der Waals surface area (Å²) in [5.74, 6) is 0.648. The van der Waals surface area contributed by atoms with Crippen molar-refractivity contribution in [3.63, 3.8) is 0 Å². The molecule has 0 spiro atoms. The van der Waals surface area contributed by atoms with Crippen molar-refractivity contribution < 1.29 is 4.42 Å². The van der Waals surface area contributed by atoms with Crippen LogP contribution in [0.15, 0.2) is 162 Å². The third-order valence-electron chi connectivity index (χ3n) is 12.1. The van der Waals surface area contributed by atoms with Crippen LogP contribution in [0.25, 0.3) is 131 Å². The summed E-state index contributed by atoms with van der Waals surface area (Å²) in [5, 5.41) is 11.9. The molecule has 14 rings (SSSR count). The minimum atomic E-state index is 0.648. The molecule has 0 aliphatic heterocycles.